The van der Waals surface area contributed by atoms with Crippen LogP contribution in [0.25, 0.3) is 66.1 Å². The molecule has 67 heavy (non-hydrogen) atoms. The van der Waals surface area contributed by atoms with Crippen LogP contribution in [0.3, 0.4) is 0 Å². The van der Waals surface area contributed by atoms with Crippen molar-refractivity contribution in [1.82, 2.24) is 0 Å². The zero-order chi connectivity index (χ0) is 43.9. The standard InChI is InChI=1S/C58H37BN2O6/c1-33-24-48-56-49(25-33)61(46-12-7-15-53-58(46)65-32-64-53)57-43-30-62-31-63-50(43)23-22-45(57)59(56)44-21-18-35(37-17-20-42-40-11-3-5-14-52(40)67-55(42)29-37)27-47(44)60(48)38-9-6-8-34(26-38)36-16-19-41-39-10-2-4-13-51(39)66-54(41)28-36/h2-29H,30-32H2,1H3. The summed E-state index contributed by atoms with van der Waals surface area (Å²) in [6, 6.07) is 60.6. The molecule has 0 radical (unpaired) electrons. The molecule has 11 aromatic rings. The summed E-state index contributed by atoms with van der Waals surface area (Å²) >= 11 is 0. The van der Waals surface area contributed by atoms with Gasteiger partial charge in [-0.15, -0.1) is 0 Å². The molecule has 0 fully saturated rings. The lowest BCUT2D eigenvalue weighted by Gasteiger charge is -2.45. The maximum atomic E-state index is 6.43. The van der Waals surface area contributed by atoms with Crippen LogP contribution in [0.1, 0.15) is 11.1 Å². The number of aryl methyl sites for hydroxylation is 1. The second-order valence-electron chi connectivity index (χ2n) is 17.9. The van der Waals surface area contributed by atoms with Crippen LogP contribution in [0.2, 0.25) is 0 Å². The van der Waals surface area contributed by atoms with Gasteiger partial charge >= 0.3 is 0 Å². The molecular weight excluding hydrogens is 831 g/mol. The Balaban J connectivity index is 0.980. The summed E-state index contributed by atoms with van der Waals surface area (Å²) in [4.78, 5) is 4.83. The Bertz CT molecular complexity index is 3930. The van der Waals surface area contributed by atoms with Crippen LogP contribution in [-0.2, 0) is 11.3 Å². The third-order valence-electron chi connectivity index (χ3n) is 14.1. The second-order valence-corrected chi connectivity index (χ2v) is 17.9. The van der Waals surface area contributed by atoms with Crippen molar-refractivity contribution in [2.45, 2.75) is 13.5 Å². The van der Waals surface area contributed by atoms with E-state index in [0.717, 1.165) is 128 Å². The molecule has 6 heterocycles. The van der Waals surface area contributed by atoms with Crippen LogP contribution < -0.4 is 40.4 Å². The molecule has 0 saturated carbocycles. The summed E-state index contributed by atoms with van der Waals surface area (Å²) in [6.45, 7) is 2.84. The Kier molecular flexibility index (Phi) is 7.60. The van der Waals surface area contributed by atoms with Gasteiger partial charge in [0.2, 0.25) is 6.79 Å². The Morgan fingerprint density at radius 3 is 1.87 bits per heavy atom. The molecule has 0 N–H and O–H groups in total. The van der Waals surface area contributed by atoms with E-state index in [0.29, 0.717) is 12.4 Å². The molecule has 9 heteroatoms. The molecule has 0 bridgehead atoms. The number of nitrogens with zero attached hydrogens (tertiary/aromatic N) is 2. The van der Waals surface area contributed by atoms with Gasteiger partial charge in [-0.1, -0.05) is 84.9 Å². The van der Waals surface area contributed by atoms with Gasteiger partial charge in [0.15, 0.2) is 18.3 Å². The molecule has 2 aromatic heterocycles. The molecule has 0 amide bonds. The first-order valence-corrected chi connectivity index (χ1v) is 22.7. The molecule has 0 unspecified atom stereocenters. The Morgan fingerprint density at radius 2 is 1.09 bits per heavy atom. The van der Waals surface area contributed by atoms with Gasteiger partial charge in [0.05, 0.1) is 18.0 Å². The predicted molar refractivity (Wildman–Crippen MR) is 267 cm³/mol. The fourth-order valence-corrected chi connectivity index (χ4v) is 11.2. The molecular formula is C58H37BN2O6. The molecule has 0 spiro atoms. The number of benzene rings is 9. The summed E-state index contributed by atoms with van der Waals surface area (Å²) in [5.41, 5.74) is 19.8. The topological polar surface area (TPSA) is 69.7 Å². The number of furan rings is 2. The highest BCUT2D eigenvalue weighted by molar-refractivity contribution is 7.00. The monoisotopic (exact) mass is 868 g/mol. The van der Waals surface area contributed by atoms with Crippen LogP contribution in [0, 0.1) is 6.92 Å². The van der Waals surface area contributed by atoms with Crippen molar-refractivity contribution in [3.63, 3.8) is 0 Å². The maximum absolute atomic E-state index is 6.43. The van der Waals surface area contributed by atoms with Crippen LogP contribution in [0.15, 0.2) is 179 Å². The molecule has 9 aromatic carbocycles. The van der Waals surface area contributed by atoms with Crippen molar-refractivity contribution in [3.05, 3.63) is 181 Å². The molecule has 15 rings (SSSR count). The summed E-state index contributed by atoms with van der Waals surface area (Å²) in [5.74, 6) is 2.26. The largest absolute Gasteiger partial charge is 0.467 e. The van der Waals surface area contributed by atoms with E-state index in [1.54, 1.807) is 0 Å². The predicted octanol–water partition coefficient (Wildman–Crippen LogP) is 12.8. The van der Waals surface area contributed by atoms with Crippen molar-refractivity contribution in [3.8, 4) is 39.5 Å². The first-order valence-electron chi connectivity index (χ1n) is 22.7. The van der Waals surface area contributed by atoms with E-state index in [2.05, 4.69) is 150 Å². The molecule has 8 nitrogen and oxygen atoms in total. The van der Waals surface area contributed by atoms with E-state index in [1.165, 1.54) is 10.9 Å². The molecule has 4 aliphatic rings. The van der Waals surface area contributed by atoms with Crippen molar-refractivity contribution in [2.75, 3.05) is 23.4 Å². The first kappa shape index (κ1) is 36.9. The maximum Gasteiger partial charge on any atom is 0.252 e. The number of anilines is 6. The minimum atomic E-state index is -0.130. The van der Waals surface area contributed by atoms with E-state index in [-0.39, 0.29) is 20.3 Å². The minimum Gasteiger partial charge on any atom is -0.467 e. The van der Waals surface area contributed by atoms with Crippen LogP contribution in [0.4, 0.5) is 34.1 Å². The van der Waals surface area contributed by atoms with E-state index in [1.807, 2.05) is 36.4 Å². The average molecular weight is 869 g/mol. The quantitative estimate of drug-likeness (QED) is 0.162. The number of fused-ring (bicyclic) bond motifs is 13. The second kappa shape index (κ2) is 13.8. The van der Waals surface area contributed by atoms with Gasteiger partial charge in [-0.25, -0.2) is 0 Å². The lowest BCUT2D eigenvalue weighted by molar-refractivity contribution is -0.0159. The van der Waals surface area contributed by atoms with Gasteiger partial charge in [0.1, 0.15) is 28.1 Å². The fraction of sp³-hybridized carbons (Fsp3) is 0.0690. The van der Waals surface area contributed by atoms with Gasteiger partial charge < -0.3 is 37.6 Å². The zero-order valence-corrected chi connectivity index (χ0v) is 36.2. The molecule has 0 aliphatic carbocycles. The normalized spacial score (nSPS) is 14.4. The van der Waals surface area contributed by atoms with Gasteiger partial charge in [-0.2, -0.15) is 0 Å². The number of hydrogen-bond acceptors (Lipinski definition) is 8. The first-order chi connectivity index (χ1) is 33.1. The lowest BCUT2D eigenvalue weighted by Crippen LogP contribution is -2.61. The number of ether oxygens (including phenoxy) is 4. The number of hydrogen-bond donors (Lipinski definition) is 0. The highest BCUT2D eigenvalue weighted by Crippen LogP contribution is 2.52. The molecule has 0 saturated heterocycles. The van der Waals surface area contributed by atoms with E-state index >= 15 is 0 Å². The van der Waals surface area contributed by atoms with Crippen molar-refractivity contribution >= 4 is 101 Å². The van der Waals surface area contributed by atoms with Gasteiger partial charge in [0, 0.05) is 49.9 Å². The lowest BCUT2D eigenvalue weighted by atomic mass is 9.33. The number of rotatable bonds is 4. The fourth-order valence-electron chi connectivity index (χ4n) is 11.2. The summed E-state index contributed by atoms with van der Waals surface area (Å²) in [6.07, 6.45) is 0. The highest BCUT2D eigenvalue weighted by Gasteiger charge is 2.46. The molecule has 4 aliphatic heterocycles. The van der Waals surface area contributed by atoms with Gasteiger partial charge in [-0.05, 0) is 136 Å². The smallest absolute Gasteiger partial charge is 0.252 e. The van der Waals surface area contributed by atoms with Crippen molar-refractivity contribution in [1.29, 1.82) is 0 Å². The molecule has 318 valence electrons. The zero-order valence-electron chi connectivity index (χ0n) is 36.2. The Morgan fingerprint density at radius 1 is 0.448 bits per heavy atom. The third kappa shape index (κ3) is 5.34. The Hall–Kier alpha value is -8.40. The molecule has 0 atom stereocenters. The third-order valence-corrected chi connectivity index (χ3v) is 14.1. The average Bonchev–Trinajstić information content (AvgIpc) is 4.11. The van der Waals surface area contributed by atoms with Crippen LogP contribution in [-0.4, -0.2) is 20.3 Å². The summed E-state index contributed by atoms with van der Waals surface area (Å²) in [5, 5.41) is 4.45. The van der Waals surface area contributed by atoms with Crippen molar-refractivity contribution in [2.24, 2.45) is 0 Å². The van der Waals surface area contributed by atoms with Gasteiger partial charge in [-0.3, -0.25) is 0 Å². The minimum absolute atomic E-state index is 0.130. The van der Waals surface area contributed by atoms with Gasteiger partial charge in [0.25, 0.3) is 6.71 Å². The van der Waals surface area contributed by atoms with E-state index in [4.69, 9.17) is 27.8 Å². The van der Waals surface area contributed by atoms with Crippen LogP contribution >= 0.6 is 0 Å². The van der Waals surface area contributed by atoms with E-state index in [9.17, 15) is 0 Å². The van der Waals surface area contributed by atoms with Crippen LogP contribution in [0.5, 0.6) is 17.2 Å². The van der Waals surface area contributed by atoms with E-state index < -0.39 is 0 Å². The highest BCUT2D eigenvalue weighted by atomic mass is 16.7. The number of para-hydroxylation sites is 3. The SMILES string of the molecule is Cc1cc2c3c(c1)N(c1cccc4c1OCO4)c1c(ccc4c1COCO4)B3c1ccc(-c3ccc4c(c3)oc3ccccc34)cc1N2c1cccc(-c2ccc3c(c2)oc2ccccc23)c1. The summed E-state index contributed by atoms with van der Waals surface area (Å²) < 4.78 is 37.4. The van der Waals surface area contributed by atoms with Crippen molar-refractivity contribution < 1.29 is 27.8 Å². The summed E-state index contributed by atoms with van der Waals surface area (Å²) in [7, 11) is 0. The Labute approximate surface area is 384 Å².